The topological polar surface area (TPSA) is 51.2 Å². The van der Waals surface area contributed by atoms with Gasteiger partial charge >= 0.3 is 0 Å². The number of benzene rings is 4. The molecule has 1 fully saturated rings. The molecule has 1 saturated heterocycles. The number of nitrogens with zero attached hydrogens (tertiary/aromatic N) is 1. The maximum Gasteiger partial charge on any atom is 0.113 e. The predicted molar refractivity (Wildman–Crippen MR) is 162 cm³/mol. The van der Waals surface area contributed by atoms with E-state index in [0.29, 0.717) is 32.8 Å². The first-order chi connectivity index (χ1) is 20.3. The van der Waals surface area contributed by atoms with E-state index in [0.717, 1.165) is 29.7 Å². The van der Waals surface area contributed by atoms with Crippen molar-refractivity contribution in [2.75, 3.05) is 13.2 Å². The first kappa shape index (κ1) is 29.2. The highest BCUT2D eigenvalue weighted by atomic mass is 16.6. The Morgan fingerprint density at radius 1 is 0.561 bits per heavy atom. The zero-order chi connectivity index (χ0) is 28.1. The molecule has 0 radical (unpaired) electrons. The lowest BCUT2D eigenvalue weighted by Gasteiger charge is -2.49. The van der Waals surface area contributed by atoms with Crippen LogP contribution in [-0.4, -0.2) is 47.5 Å². The third-order valence-corrected chi connectivity index (χ3v) is 7.72. The van der Waals surface area contributed by atoms with Gasteiger partial charge < -0.3 is 19.3 Å². The summed E-state index contributed by atoms with van der Waals surface area (Å²) in [6.07, 6.45) is 0.775. The van der Waals surface area contributed by atoms with E-state index >= 15 is 0 Å². The van der Waals surface area contributed by atoms with Gasteiger partial charge in [0.2, 0.25) is 0 Å². The number of aliphatic hydroxyl groups is 1. The summed E-state index contributed by atoms with van der Waals surface area (Å²) in [5.74, 6) is 0. The molecule has 1 heterocycles. The van der Waals surface area contributed by atoms with Gasteiger partial charge in [-0.2, -0.15) is 0 Å². The SMILES string of the molecule is OCCC[C@@H]1[C@@H](OCc2ccccc2)[C@H](OCc2ccccc2)[C@@H](OCc2ccccc2)CN1Cc1ccccc1. The standard InChI is InChI=1S/C36H41NO4/c38-23-13-22-33-35(40-27-31-18-9-3-10-19-31)36(41-28-32-20-11-4-12-21-32)34(39-26-30-16-7-2-8-17-30)25-37(33)24-29-14-5-1-6-15-29/h1-12,14-21,33-36,38H,13,22-28H2/t33-,34+,35-,36-/m1/s1. The largest absolute Gasteiger partial charge is 0.396 e. The Morgan fingerprint density at radius 2 is 1.00 bits per heavy atom. The molecule has 0 saturated carbocycles. The van der Waals surface area contributed by atoms with Gasteiger partial charge in [0, 0.05) is 25.7 Å². The van der Waals surface area contributed by atoms with Crippen molar-refractivity contribution in [2.24, 2.45) is 0 Å². The molecule has 0 aromatic heterocycles. The maximum atomic E-state index is 9.83. The second-order valence-corrected chi connectivity index (χ2v) is 10.7. The molecule has 0 aliphatic carbocycles. The lowest BCUT2D eigenvalue weighted by molar-refractivity contribution is -0.206. The summed E-state index contributed by atoms with van der Waals surface area (Å²) in [5.41, 5.74) is 4.62. The van der Waals surface area contributed by atoms with Crippen LogP contribution in [0.25, 0.3) is 0 Å². The molecule has 4 atom stereocenters. The van der Waals surface area contributed by atoms with Gasteiger partial charge in [0.25, 0.3) is 0 Å². The van der Waals surface area contributed by atoms with Crippen LogP contribution in [0, 0.1) is 0 Å². The fourth-order valence-electron chi connectivity index (χ4n) is 5.62. The van der Waals surface area contributed by atoms with Crippen LogP contribution in [0.4, 0.5) is 0 Å². The Hall–Kier alpha value is -3.32. The van der Waals surface area contributed by atoms with E-state index in [4.69, 9.17) is 14.2 Å². The fraction of sp³-hybridized carbons (Fsp3) is 0.333. The van der Waals surface area contributed by atoms with Crippen molar-refractivity contribution in [2.45, 2.75) is 63.6 Å². The summed E-state index contributed by atoms with van der Waals surface area (Å²) in [4.78, 5) is 2.47. The second kappa shape index (κ2) is 15.6. The lowest BCUT2D eigenvalue weighted by Crippen LogP contribution is -2.63. The maximum absolute atomic E-state index is 9.83. The number of hydrogen-bond donors (Lipinski definition) is 1. The highest BCUT2D eigenvalue weighted by Crippen LogP contribution is 2.32. The van der Waals surface area contributed by atoms with Crippen LogP contribution in [0.1, 0.15) is 35.1 Å². The first-order valence-corrected chi connectivity index (χ1v) is 14.7. The van der Waals surface area contributed by atoms with Crippen molar-refractivity contribution in [1.29, 1.82) is 0 Å². The zero-order valence-electron chi connectivity index (χ0n) is 23.6. The summed E-state index contributed by atoms with van der Waals surface area (Å²) in [6, 6.07) is 41.5. The van der Waals surface area contributed by atoms with Gasteiger partial charge in [-0.05, 0) is 35.1 Å². The van der Waals surface area contributed by atoms with Gasteiger partial charge in [-0.15, -0.1) is 0 Å². The number of rotatable bonds is 14. The molecule has 1 N–H and O–H groups in total. The van der Waals surface area contributed by atoms with E-state index in [-0.39, 0.29) is 31.0 Å². The van der Waals surface area contributed by atoms with Crippen molar-refractivity contribution >= 4 is 0 Å². The smallest absolute Gasteiger partial charge is 0.113 e. The Kier molecular flexibility index (Phi) is 11.1. The third-order valence-electron chi connectivity index (χ3n) is 7.72. The average molecular weight is 552 g/mol. The van der Waals surface area contributed by atoms with Crippen LogP contribution in [0.5, 0.6) is 0 Å². The Labute approximate surface area is 244 Å². The highest BCUT2D eigenvalue weighted by Gasteiger charge is 2.45. The number of aliphatic hydroxyl groups excluding tert-OH is 1. The molecule has 5 heteroatoms. The molecule has 5 nitrogen and oxygen atoms in total. The lowest BCUT2D eigenvalue weighted by atomic mass is 9.89. The van der Waals surface area contributed by atoms with Gasteiger partial charge in [0.1, 0.15) is 12.2 Å². The van der Waals surface area contributed by atoms with Crippen LogP contribution in [-0.2, 0) is 40.6 Å². The molecule has 0 unspecified atom stereocenters. The van der Waals surface area contributed by atoms with E-state index in [1.54, 1.807) is 0 Å². The molecule has 5 rings (SSSR count). The van der Waals surface area contributed by atoms with Crippen LogP contribution >= 0.6 is 0 Å². The molecule has 41 heavy (non-hydrogen) atoms. The summed E-state index contributed by atoms with van der Waals surface area (Å²) < 4.78 is 20.2. The quantitative estimate of drug-likeness (QED) is 0.197. The molecule has 0 bridgehead atoms. The van der Waals surface area contributed by atoms with Crippen molar-refractivity contribution < 1.29 is 19.3 Å². The monoisotopic (exact) mass is 551 g/mol. The van der Waals surface area contributed by atoms with Crippen molar-refractivity contribution in [3.63, 3.8) is 0 Å². The third kappa shape index (κ3) is 8.59. The Balaban J connectivity index is 1.45. The van der Waals surface area contributed by atoms with Crippen LogP contribution < -0.4 is 0 Å². The number of piperidine rings is 1. The Bertz CT molecular complexity index is 1260. The van der Waals surface area contributed by atoms with Gasteiger partial charge in [-0.1, -0.05) is 121 Å². The summed E-state index contributed by atoms with van der Waals surface area (Å²) >= 11 is 0. The van der Waals surface area contributed by atoms with Crippen molar-refractivity contribution in [3.8, 4) is 0 Å². The molecule has 1 aliphatic rings. The first-order valence-electron chi connectivity index (χ1n) is 14.7. The summed E-state index contributed by atoms with van der Waals surface area (Å²) in [7, 11) is 0. The van der Waals surface area contributed by atoms with E-state index < -0.39 is 0 Å². The van der Waals surface area contributed by atoms with Crippen molar-refractivity contribution in [1.82, 2.24) is 4.90 Å². The van der Waals surface area contributed by atoms with E-state index in [1.807, 2.05) is 60.7 Å². The average Bonchev–Trinajstić information content (AvgIpc) is 3.03. The van der Waals surface area contributed by atoms with Crippen LogP contribution in [0.15, 0.2) is 121 Å². The number of ether oxygens (including phenoxy) is 3. The minimum Gasteiger partial charge on any atom is -0.396 e. The van der Waals surface area contributed by atoms with Crippen LogP contribution in [0.2, 0.25) is 0 Å². The molecule has 0 amide bonds. The summed E-state index contributed by atoms with van der Waals surface area (Å²) in [6.45, 7) is 3.10. The van der Waals surface area contributed by atoms with Gasteiger partial charge in [0.15, 0.2) is 0 Å². The minimum atomic E-state index is -0.279. The van der Waals surface area contributed by atoms with Crippen molar-refractivity contribution in [3.05, 3.63) is 144 Å². The van der Waals surface area contributed by atoms with Gasteiger partial charge in [-0.25, -0.2) is 0 Å². The van der Waals surface area contributed by atoms with E-state index in [9.17, 15) is 5.11 Å². The fourth-order valence-corrected chi connectivity index (χ4v) is 5.62. The van der Waals surface area contributed by atoms with E-state index in [1.165, 1.54) is 5.56 Å². The Morgan fingerprint density at radius 3 is 1.49 bits per heavy atom. The number of likely N-dealkylation sites (tertiary alicyclic amines) is 1. The summed E-state index contributed by atoms with van der Waals surface area (Å²) in [5, 5.41) is 9.83. The molecule has 0 spiro atoms. The molecular formula is C36H41NO4. The molecular weight excluding hydrogens is 510 g/mol. The molecule has 1 aliphatic heterocycles. The number of hydrogen-bond acceptors (Lipinski definition) is 5. The second-order valence-electron chi connectivity index (χ2n) is 10.7. The molecule has 4 aromatic carbocycles. The normalized spacial score (nSPS) is 21.1. The highest BCUT2D eigenvalue weighted by molar-refractivity contribution is 5.18. The zero-order valence-corrected chi connectivity index (χ0v) is 23.6. The minimum absolute atomic E-state index is 0.0587. The van der Waals surface area contributed by atoms with Crippen LogP contribution in [0.3, 0.4) is 0 Å². The molecule has 4 aromatic rings. The molecule has 214 valence electrons. The predicted octanol–water partition coefficient (Wildman–Crippen LogP) is 6.40. The van der Waals surface area contributed by atoms with Gasteiger partial charge in [0.05, 0.1) is 25.9 Å². The van der Waals surface area contributed by atoms with E-state index in [2.05, 4.69) is 65.6 Å². The van der Waals surface area contributed by atoms with Gasteiger partial charge in [-0.3, -0.25) is 4.90 Å².